The van der Waals surface area contributed by atoms with Crippen molar-refractivity contribution >= 4 is 5.82 Å². The summed E-state index contributed by atoms with van der Waals surface area (Å²) in [7, 11) is 0. The van der Waals surface area contributed by atoms with Gasteiger partial charge in [0.25, 0.3) is 5.56 Å². The lowest BCUT2D eigenvalue weighted by Crippen LogP contribution is -2.37. The van der Waals surface area contributed by atoms with E-state index in [4.69, 9.17) is 10.1 Å². The Kier molecular flexibility index (Phi) is 4.65. The van der Waals surface area contributed by atoms with E-state index in [9.17, 15) is 4.79 Å². The first kappa shape index (κ1) is 17.8. The van der Waals surface area contributed by atoms with Crippen LogP contribution in [0.3, 0.4) is 0 Å². The van der Waals surface area contributed by atoms with Crippen LogP contribution < -0.4 is 10.5 Å². The summed E-state index contributed by atoms with van der Waals surface area (Å²) in [6.45, 7) is 4.80. The number of piperidine rings is 1. The normalized spacial score (nSPS) is 20.2. The number of aryl methyl sites for hydroxylation is 3. The van der Waals surface area contributed by atoms with Crippen molar-refractivity contribution in [1.82, 2.24) is 19.7 Å². The molecule has 28 heavy (non-hydrogen) atoms. The monoisotopic (exact) mass is 379 g/mol. The molecule has 2 aromatic heterocycles. The Hall–Kier alpha value is -2.24. The van der Waals surface area contributed by atoms with Gasteiger partial charge in [-0.05, 0) is 69.8 Å². The molecule has 0 unspecified atom stereocenters. The maximum atomic E-state index is 12.5. The highest BCUT2D eigenvalue weighted by atomic mass is 16.1. The molecule has 3 heterocycles. The predicted octanol–water partition coefficient (Wildman–Crippen LogP) is 3.01. The fraction of sp³-hybridized carbons (Fsp3) is 0.636. The second-order valence-electron chi connectivity index (χ2n) is 8.77. The third kappa shape index (κ3) is 3.69. The Morgan fingerprint density at radius 1 is 1.04 bits per heavy atom. The summed E-state index contributed by atoms with van der Waals surface area (Å²) >= 11 is 0. The summed E-state index contributed by atoms with van der Waals surface area (Å²) in [5.41, 5.74) is 3.46. The zero-order chi connectivity index (χ0) is 19.1. The van der Waals surface area contributed by atoms with E-state index in [0.29, 0.717) is 11.8 Å². The maximum Gasteiger partial charge on any atom is 0.267 e. The second-order valence-corrected chi connectivity index (χ2v) is 8.77. The first-order valence-electron chi connectivity index (χ1n) is 10.9. The van der Waals surface area contributed by atoms with Crippen molar-refractivity contribution in [2.24, 2.45) is 5.92 Å². The lowest BCUT2D eigenvalue weighted by atomic mass is 9.96. The summed E-state index contributed by atoms with van der Waals surface area (Å²) in [6.07, 6.45) is 9.02. The molecule has 2 aliphatic carbocycles. The van der Waals surface area contributed by atoms with Crippen LogP contribution in [0.5, 0.6) is 0 Å². The second kappa shape index (κ2) is 7.30. The van der Waals surface area contributed by atoms with Crippen LogP contribution in [0, 0.1) is 12.8 Å². The van der Waals surface area contributed by atoms with E-state index in [0.717, 1.165) is 68.3 Å². The number of rotatable bonds is 4. The fourth-order valence-corrected chi connectivity index (χ4v) is 4.58. The zero-order valence-corrected chi connectivity index (χ0v) is 16.7. The van der Waals surface area contributed by atoms with Crippen molar-refractivity contribution < 1.29 is 0 Å². The Morgan fingerprint density at radius 3 is 2.61 bits per heavy atom. The number of hydrogen-bond donors (Lipinski definition) is 0. The van der Waals surface area contributed by atoms with Gasteiger partial charge < -0.3 is 4.90 Å². The molecular weight excluding hydrogens is 350 g/mol. The summed E-state index contributed by atoms with van der Waals surface area (Å²) in [5.74, 6) is 3.20. The fourth-order valence-electron chi connectivity index (χ4n) is 4.58. The van der Waals surface area contributed by atoms with Crippen LogP contribution in [0.4, 0.5) is 5.82 Å². The van der Waals surface area contributed by atoms with Gasteiger partial charge in [-0.25, -0.2) is 14.6 Å². The molecule has 0 bridgehead atoms. The van der Waals surface area contributed by atoms with E-state index in [-0.39, 0.29) is 5.56 Å². The van der Waals surface area contributed by atoms with Crippen LogP contribution in [-0.4, -0.2) is 32.8 Å². The van der Waals surface area contributed by atoms with Crippen LogP contribution >= 0.6 is 0 Å². The molecule has 1 saturated heterocycles. The SMILES string of the molecule is Cc1cc(N2CCC(Cn3nc4c(cc3=O)CCCC4)CC2)nc(C2CC2)n1. The van der Waals surface area contributed by atoms with Crippen molar-refractivity contribution in [2.75, 3.05) is 18.0 Å². The molecule has 0 amide bonds. The molecule has 2 aromatic rings. The summed E-state index contributed by atoms with van der Waals surface area (Å²) in [5, 5.41) is 4.70. The minimum atomic E-state index is 0.0728. The number of aromatic nitrogens is 4. The zero-order valence-electron chi connectivity index (χ0n) is 16.7. The molecule has 0 radical (unpaired) electrons. The minimum absolute atomic E-state index is 0.0728. The molecular formula is C22H29N5O. The molecule has 0 aromatic carbocycles. The van der Waals surface area contributed by atoms with Crippen molar-refractivity contribution in [3.05, 3.63) is 45.3 Å². The van der Waals surface area contributed by atoms with Gasteiger partial charge in [-0.2, -0.15) is 5.10 Å². The van der Waals surface area contributed by atoms with Crippen LogP contribution in [0.15, 0.2) is 16.9 Å². The van der Waals surface area contributed by atoms with Crippen molar-refractivity contribution in [3.8, 4) is 0 Å². The smallest absolute Gasteiger partial charge is 0.267 e. The van der Waals surface area contributed by atoms with Crippen LogP contribution in [0.25, 0.3) is 0 Å². The van der Waals surface area contributed by atoms with Gasteiger partial charge in [0.15, 0.2) is 0 Å². The molecule has 6 nitrogen and oxygen atoms in total. The van der Waals surface area contributed by atoms with Gasteiger partial charge in [0, 0.05) is 43.4 Å². The average Bonchev–Trinajstić information content (AvgIpc) is 3.54. The van der Waals surface area contributed by atoms with Crippen LogP contribution in [-0.2, 0) is 19.4 Å². The van der Waals surface area contributed by atoms with Gasteiger partial charge in [-0.3, -0.25) is 4.79 Å². The quantitative estimate of drug-likeness (QED) is 0.817. The van der Waals surface area contributed by atoms with Crippen molar-refractivity contribution in [3.63, 3.8) is 0 Å². The van der Waals surface area contributed by atoms with Crippen LogP contribution in [0.1, 0.15) is 67.2 Å². The van der Waals surface area contributed by atoms with E-state index in [1.54, 1.807) is 4.68 Å². The van der Waals surface area contributed by atoms with Crippen molar-refractivity contribution in [1.29, 1.82) is 0 Å². The molecule has 1 saturated carbocycles. The molecule has 3 aliphatic rings. The number of anilines is 1. The molecule has 1 aliphatic heterocycles. The molecule has 5 rings (SSSR count). The maximum absolute atomic E-state index is 12.5. The van der Waals surface area contributed by atoms with E-state index < -0.39 is 0 Å². The van der Waals surface area contributed by atoms with Gasteiger partial charge in [0.1, 0.15) is 11.6 Å². The molecule has 0 N–H and O–H groups in total. The Bertz CT molecular complexity index is 925. The Morgan fingerprint density at radius 2 is 1.82 bits per heavy atom. The van der Waals surface area contributed by atoms with Crippen LogP contribution in [0.2, 0.25) is 0 Å². The van der Waals surface area contributed by atoms with Gasteiger partial charge in [0.2, 0.25) is 0 Å². The summed E-state index contributed by atoms with van der Waals surface area (Å²) < 4.78 is 1.73. The van der Waals surface area contributed by atoms with E-state index in [2.05, 4.69) is 22.9 Å². The third-order valence-electron chi connectivity index (χ3n) is 6.44. The summed E-state index contributed by atoms with van der Waals surface area (Å²) in [6, 6.07) is 3.95. The third-order valence-corrected chi connectivity index (χ3v) is 6.44. The van der Waals surface area contributed by atoms with E-state index in [1.807, 2.05) is 6.07 Å². The standard InChI is InChI=1S/C22H29N5O/c1-15-12-20(24-22(23-15)17-6-7-17)26-10-8-16(9-11-26)14-27-21(28)13-18-4-2-3-5-19(18)25-27/h12-13,16-17H,2-11,14H2,1H3. The molecule has 6 heteroatoms. The Labute approximate surface area is 166 Å². The molecule has 148 valence electrons. The predicted molar refractivity (Wildman–Crippen MR) is 109 cm³/mol. The lowest BCUT2D eigenvalue weighted by molar-refractivity contribution is 0.331. The first-order valence-corrected chi connectivity index (χ1v) is 10.9. The number of fused-ring (bicyclic) bond motifs is 1. The van der Waals surface area contributed by atoms with Gasteiger partial charge in [-0.15, -0.1) is 0 Å². The molecule has 0 atom stereocenters. The van der Waals surface area contributed by atoms with Crippen molar-refractivity contribution in [2.45, 2.75) is 70.8 Å². The van der Waals surface area contributed by atoms with E-state index in [1.165, 1.54) is 31.2 Å². The highest BCUT2D eigenvalue weighted by Gasteiger charge is 2.28. The average molecular weight is 380 g/mol. The highest BCUT2D eigenvalue weighted by Crippen LogP contribution is 2.38. The minimum Gasteiger partial charge on any atom is -0.356 e. The number of nitrogens with zero attached hydrogens (tertiary/aromatic N) is 5. The summed E-state index contributed by atoms with van der Waals surface area (Å²) in [4.78, 5) is 24.3. The lowest BCUT2D eigenvalue weighted by Gasteiger charge is -2.33. The van der Waals surface area contributed by atoms with Gasteiger partial charge >= 0.3 is 0 Å². The van der Waals surface area contributed by atoms with E-state index >= 15 is 0 Å². The number of hydrogen-bond acceptors (Lipinski definition) is 5. The van der Waals surface area contributed by atoms with Gasteiger partial charge in [0.05, 0.1) is 5.69 Å². The molecule has 2 fully saturated rings. The highest BCUT2D eigenvalue weighted by molar-refractivity contribution is 5.41. The first-order chi connectivity index (χ1) is 13.7. The molecule has 0 spiro atoms. The van der Waals surface area contributed by atoms with Gasteiger partial charge in [-0.1, -0.05) is 0 Å². The topological polar surface area (TPSA) is 63.9 Å². The largest absolute Gasteiger partial charge is 0.356 e. The Balaban J connectivity index is 1.25.